The number of fused-ring (bicyclic) bond motifs is 1. The monoisotopic (exact) mass is 540 g/mol. The molecule has 178 valence electrons. The number of carbonyl (C=O) groups is 1. The van der Waals surface area contributed by atoms with Crippen LogP contribution in [-0.2, 0) is 27.9 Å². The first-order valence-corrected chi connectivity index (χ1v) is 12.7. The van der Waals surface area contributed by atoms with Crippen molar-refractivity contribution in [2.75, 3.05) is 13.3 Å². The van der Waals surface area contributed by atoms with Crippen LogP contribution in [0.2, 0.25) is 15.1 Å². The summed E-state index contributed by atoms with van der Waals surface area (Å²) in [6.07, 6.45) is 0. The molecule has 0 radical (unpaired) electrons. The molecular weight excluding hydrogens is 523 g/mol. The molecule has 0 aromatic heterocycles. The maximum atomic E-state index is 13.4. The lowest BCUT2D eigenvalue weighted by Gasteiger charge is -2.23. The second-order valence-electron chi connectivity index (χ2n) is 7.39. The quantitative estimate of drug-likeness (QED) is 0.439. The highest BCUT2D eigenvalue weighted by Crippen LogP contribution is 2.32. The lowest BCUT2D eigenvalue weighted by atomic mass is 10.2. The molecule has 1 heterocycles. The van der Waals surface area contributed by atoms with Crippen molar-refractivity contribution < 1.29 is 22.7 Å². The molecule has 3 aromatic rings. The molecular formula is C23H19Cl3N2O5S. The van der Waals surface area contributed by atoms with Crippen LogP contribution in [0.4, 0.5) is 0 Å². The first-order chi connectivity index (χ1) is 16.2. The van der Waals surface area contributed by atoms with Gasteiger partial charge in [-0.05, 0) is 54.1 Å². The van der Waals surface area contributed by atoms with Crippen molar-refractivity contribution in [2.24, 2.45) is 0 Å². The number of hydrogen-bond donors (Lipinski definition) is 1. The van der Waals surface area contributed by atoms with Gasteiger partial charge < -0.3 is 14.8 Å². The molecule has 0 fully saturated rings. The van der Waals surface area contributed by atoms with Crippen molar-refractivity contribution in [2.45, 2.75) is 18.0 Å². The molecule has 0 unspecified atom stereocenters. The summed E-state index contributed by atoms with van der Waals surface area (Å²) in [4.78, 5) is 12.8. The molecule has 0 atom stereocenters. The predicted molar refractivity (Wildman–Crippen MR) is 130 cm³/mol. The number of hydrogen-bond acceptors (Lipinski definition) is 5. The SMILES string of the molecule is O=C(CN(Cc1c(Cl)cccc1Cl)S(=O)(=O)c1ccc(Cl)cc1)NCc1ccc2c(c1)OCO2. The van der Waals surface area contributed by atoms with Gasteiger partial charge in [-0.15, -0.1) is 0 Å². The topological polar surface area (TPSA) is 84.9 Å². The van der Waals surface area contributed by atoms with Crippen LogP contribution in [0.15, 0.2) is 65.6 Å². The van der Waals surface area contributed by atoms with Gasteiger partial charge in [0.05, 0.1) is 11.4 Å². The largest absolute Gasteiger partial charge is 0.454 e. The lowest BCUT2D eigenvalue weighted by Crippen LogP contribution is -2.40. The first kappa shape index (κ1) is 24.6. The van der Waals surface area contributed by atoms with E-state index in [1.807, 2.05) is 0 Å². The van der Waals surface area contributed by atoms with E-state index >= 15 is 0 Å². The molecule has 7 nitrogen and oxygen atoms in total. The third-order valence-electron chi connectivity index (χ3n) is 5.09. The molecule has 0 saturated carbocycles. The van der Waals surface area contributed by atoms with Crippen LogP contribution >= 0.6 is 34.8 Å². The molecule has 0 spiro atoms. The molecule has 3 aromatic carbocycles. The number of carbonyl (C=O) groups excluding carboxylic acids is 1. The average molecular weight is 542 g/mol. The molecule has 1 aliphatic rings. The number of nitrogens with zero attached hydrogens (tertiary/aromatic N) is 1. The lowest BCUT2D eigenvalue weighted by molar-refractivity contribution is -0.121. The van der Waals surface area contributed by atoms with E-state index in [4.69, 9.17) is 44.3 Å². The number of ether oxygens (including phenoxy) is 2. The van der Waals surface area contributed by atoms with Crippen LogP contribution in [0, 0.1) is 0 Å². The third kappa shape index (κ3) is 5.59. The van der Waals surface area contributed by atoms with Gasteiger partial charge in [0.2, 0.25) is 22.7 Å². The summed E-state index contributed by atoms with van der Waals surface area (Å²) >= 11 is 18.4. The summed E-state index contributed by atoms with van der Waals surface area (Å²) in [6.45, 7) is -0.317. The van der Waals surface area contributed by atoms with Gasteiger partial charge in [-0.1, -0.05) is 46.9 Å². The van der Waals surface area contributed by atoms with E-state index in [0.717, 1.165) is 9.87 Å². The Morgan fingerprint density at radius 3 is 2.32 bits per heavy atom. The number of halogens is 3. The molecule has 1 amide bonds. The highest BCUT2D eigenvalue weighted by atomic mass is 35.5. The van der Waals surface area contributed by atoms with E-state index in [1.165, 1.54) is 24.3 Å². The second kappa shape index (κ2) is 10.4. The zero-order valence-electron chi connectivity index (χ0n) is 17.6. The Bertz CT molecular complexity index is 1300. The summed E-state index contributed by atoms with van der Waals surface area (Å²) in [5, 5.41) is 3.72. The smallest absolute Gasteiger partial charge is 0.243 e. The summed E-state index contributed by atoms with van der Waals surface area (Å²) in [5.74, 6) is 0.720. The highest BCUT2D eigenvalue weighted by Gasteiger charge is 2.28. The maximum Gasteiger partial charge on any atom is 0.243 e. The van der Waals surface area contributed by atoms with Gasteiger partial charge in [-0.2, -0.15) is 4.31 Å². The Hall–Kier alpha value is -2.49. The van der Waals surface area contributed by atoms with E-state index in [-0.39, 0.29) is 24.8 Å². The van der Waals surface area contributed by atoms with Crippen LogP contribution < -0.4 is 14.8 Å². The number of amides is 1. The molecule has 0 saturated heterocycles. The predicted octanol–water partition coefficient (Wildman–Crippen LogP) is 4.88. The molecule has 1 N–H and O–H groups in total. The molecule has 11 heteroatoms. The fraction of sp³-hybridized carbons (Fsp3) is 0.174. The number of rotatable bonds is 8. The minimum absolute atomic E-state index is 0.0105. The van der Waals surface area contributed by atoms with Crippen molar-refractivity contribution in [3.63, 3.8) is 0 Å². The van der Waals surface area contributed by atoms with Crippen LogP contribution in [0.3, 0.4) is 0 Å². The van der Waals surface area contributed by atoms with E-state index in [0.29, 0.717) is 32.1 Å². The Balaban J connectivity index is 1.54. The van der Waals surface area contributed by atoms with E-state index in [9.17, 15) is 13.2 Å². The second-order valence-corrected chi connectivity index (χ2v) is 10.6. The zero-order chi connectivity index (χ0) is 24.3. The van der Waals surface area contributed by atoms with Crippen LogP contribution in [0.1, 0.15) is 11.1 Å². The highest BCUT2D eigenvalue weighted by molar-refractivity contribution is 7.89. The van der Waals surface area contributed by atoms with Gasteiger partial charge >= 0.3 is 0 Å². The van der Waals surface area contributed by atoms with Crippen LogP contribution in [0.25, 0.3) is 0 Å². The molecule has 0 aliphatic carbocycles. The first-order valence-electron chi connectivity index (χ1n) is 10.1. The van der Waals surface area contributed by atoms with Crippen LogP contribution in [0.5, 0.6) is 11.5 Å². The van der Waals surface area contributed by atoms with Crippen LogP contribution in [-0.4, -0.2) is 32.0 Å². The molecule has 0 bridgehead atoms. The van der Waals surface area contributed by atoms with Gasteiger partial charge in [0.15, 0.2) is 11.5 Å². The maximum absolute atomic E-state index is 13.4. The normalized spacial score (nSPS) is 12.7. The van der Waals surface area contributed by atoms with Crippen molar-refractivity contribution in [1.82, 2.24) is 9.62 Å². The number of sulfonamides is 1. The van der Waals surface area contributed by atoms with E-state index in [1.54, 1.807) is 36.4 Å². The minimum atomic E-state index is -4.08. The molecule has 4 rings (SSSR count). The number of nitrogens with one attached hydrogen (secondary N) is 1. The van der Waals surface area contributed by atoms with Gasteiger partial charge in [0, 0.05) is 33.7 Å². The molecule has 1 aliphatic heterocycles. The minimum Gasteiger partial charge on any atom is -0.454 e. The average Bonchev–Trinajstić information content (AvgIpc) is 3.27. The van der Waals surface area contributed by atoms with Crippen molar-refractivity contribution in [3.05, 3.63) is 86.9 Å². The standard InChI is InChI=1S/C23H19Cl3N2O5S/c24-16-5-7-17(8-6-16)34(30,31)28(12-18-19(25)2-1-3-20(18)26)13-23(29)27-11-15-4-9-21-22(10-15)33-14-32-21/h1-10H,11-14H2,(H,27,29). The Morgan fingerprint density at radius 2 is 1.62 bits per heavy atom. The summed E-state index contributed by atoms with van der Waals surface area (Å²) in [7, 11) is -4.08. The van der Waals surface area contributed by atoms with Crippen molar-refractivity contribution >= 4 is 50.7 Å². The Morgan fingerprint density at radius 1 is 0.941 bits per heavy atom. The fourth-order valence-corrected chi connectivity index (χ4v) is 5.32. The number of benzene rings is 3. The van der Waals surface area contributed by atoms with Crippen molar-refractivity contribution in [3.8, 4) is 11.5 Å². The Kier molecular flexibility index (Phi) is 7.54. The fourth-order valence-electron chi connectivity index (χ4n) is 3.31. The Labute approximate surface area is 212 Å². The molecule has 34 heavy (non-hydrogen) atoms. The van der Waals surface area contributed by atoms with Gasteiger partial charge in [0.25, 0.3) is 0 Å². The summed E-state index contributed by atoms with van der Waals surface area (Å²) in [5.41, 5.74) is 1.17. The van der Waals surface area contributed by atoms with E-state index in [2.05, 4.69) is 5.32 Å². The third-order valence-corrected chi connectivity index (χ3v) is 7.86. The van der Waals surface area contributed by atoms with Gasteiger partial charge in [0.1, 0.15) is 0 Å². The van der Waals surface area contributed by atoms with E-state index < -0.39 is 22.5 Å². The van der Waals surface area contributed by atoms with Gasteiger partial charge in [-0.25, -0.2) is 8.42 Å². The van der Waals surface area contributed by atoms with Gasteiger partial charge in [-0.3, -0.25) is 4.79 Å². The zero-order valence-corrected chi connectivity index (χ0v) is 20.7. The summed E-state index contributed by atoms with van der Waals surface area (Å²) < 4.78 is 38.4. The van der Waals surface area contributed by atoms with Crippen molar-refractivity contribution in [1.29, 1.82) is 0 Å². The summed E-state index contributed by atoms with van der Waals surface area (Å²) in [6, 6.07) is 15.9.